The van der Waals surface area contributed by atoms with E-state index in [1.807, 2.05) is 0 Å². The summed E-state index contributed by atoms with van der Waals surface area (Å²) in [6, 6.07) is 6.01. The summed E-state index contributed by atoms with van der Waals surface area (Å²) in [6.07, 6.45) is -0.648. The van der Waals surface area contributed by atoms with Crippen molar-refractivity contribution in [2.45, 2.75) is 45.7 Å². The van der Waals surface area contributed by atoms with Gasteiger partial charge in [-0.3, -0.25) is 19.2 Å². The predicted octanol–water partition coefficient (Wildman–Crippen LogP) is 3.87. The number of hydrogen-bond donors (Lipinski definition) is 3. The second kappa shape index (κ2) is 13.2. The number of benzene rings is 2. The first-order valence-electron chi connectivity index (χ1n) is 12.1. The van der Waals surface area contributed by atoms with Crippen molar-refractivity contribution < 1.29 is 42.3 Å². The zero-order valence-corrected chi connectivity index (χ0v) is 22.5. The summed E-state index contributed by atoms with van der Waals surface area (Å²) in [6.45, 7) is 3.51. The molecule has 0 bridgehead atoms. The molecule has 3 N–H and O–H groups in total. The number of carbonyl (C=O) groups excluding carboxylic acids is 3. The number of nitrogens with zero attached hydrogens (tertiary/aromatic N) is 1. The monoisotopic (exact) mass is 577 g/mol. The van der Waals surface area contributed by atoms with Gasteiger partial charge in [0.2, 0.25) is 5.91 Å². The first kappa shape index (κ1) is 30.2. The highest BCUT2D eigenvalue weighted by Gasteiger charge is 2.28. The number of carbonyl (C=O) groups is 4. The molecule has 0 aliphatic carbocycles. The van der Waals surface area contributed by atoms with Gasteiger partial charge in [-0.1, -0.05) is 35.8 Å². The summed E-state index contributed by atoms with van der Waals surface area (Å²) in [5.74, 6) is -5.57. The van der Waals surface area contributed by atoms with Gasteiger partial charge >= 0.3 is 5.97 Å². The molecule has 0 fully saturated rings. The van der Waals surface area contributed by atoms with Crippen LogP contribution in [0, 0.1) is 18.6 Å². The molecule has 212 valence electrons. The zero-order valence-electron chi connectivity index (χ0n) is 21.7. The Kier molecular flexibility index (Phi) is 9.94. The van der Waals surface area contributed by atoms with Crippen LogP contribution < -0.4 is 15.4 Å². The van der Waals surface area contributed by atoms with E-state index in [2.05, 4.69) is 15.8 Å². The molecule has 3 aromatic rings. The van der Waals surface area contributed by atoms with E-state index in [4.69, 9.17) is 20.9 Å². The number of Topliss-reactive ketones (excluding diaryl/α,β-unsaturated/α-hetero) is 1. The maximum atomic E-state index is 14.1. The normalized spacial score (nSPS) is 12.3. The summed E-state index contributed by atoms with van der Waals surface area (Å²) >= 11 is 6.12. The van der Waals surface area contributed by atoms with Crippen LogP contribution >= 0.6 is 11.6 Å². The number of ketones is 1. The third-order valence-corrected chi connectivity index (χ3v) is 6.26. The molecule has 10 nitrogen and oxygen atoms in total. The van der Waals surface area contributed by atoms with E-state index >= 15 is 0 Å². The van der Waals surface area contributed by atoms with E-state index in [-0.39, 0.29) is 34.8 Å². The fourth-order valence-electron chi connectivity index (χ4n) is 3.74. The predicted molar refractivity (Wildman–Crippen MR) is 139 cm³/mol. The van der Waals surface area contributed by atoms with Crippen molar-refractivity contribution in [2.24, 2.45) is 0 Å². The first-order valence-corrected chi connectivity index (χ1v) is 12.5. The number of ether oxygens (including phenoxy) is 1. The lowest BCUT2D eigenvalue weighted by atomic mass is 10.1. The van der Waals surface area contributed by atoms with Gasteiger partial charge in [-0.25, -0.2) is 8.78 Å². The molecule has 0 aliphatic rings. The van der Waals surface area contributed by atoms with Crippen LogP contribution in [0.2, 0.25) is 5.02 Å². The minimum absolute atomic E-state index is 0.0215. The van der Waals surface area contributed by atoms with Gasteiger partial charge in [-0.05, 0) is 32.4 Å². The Bertz CT molecular complexity index is 1440. The van der Waals surface area contributed by atoms with Crippen molar-refractivity contribution >= 4 is 35.2 Å². The third-order valence-electron chi connectivity index (χ3n) is 5.93. The molecule has 0 saturated heterocycles. The Morgan fingerprint density at radius 3 is 2.48 bits per heavy atom. The Labute approximate surface area is 232 Å². The third kappa shape index (κ3) is 7.20. The summed E-state index contributed by atoms with van der Waals surface area (Å²) in [4.78, 5) is 49.5. The Balaban J connectivity index is 1.66. The molecule has 3 rings (SSSR count). The summed E-state index contributed by atoms with van der Waals surface area (Å²) in [5, 5.41) is 18.0. The van der Waals surface area contributed by atoms with E-state index in [1.165, 1.54) is 19.9 Å². The molecule has 1 aromatic heterocycles. The van der Waals surface area contributed by atoms with E-state index in [0.29, 0.717) is 16.7 Å². The van der Waals surface area contributed by atoms with Gasteiger partial charge in [0.05, 0.1) is 11.4 Å². The number of carboxylic acids is 1. The molecule has 0 radical (unpaired) electrons. The topological polar surface area (TPSA) is 148 Å². The summed E-state index contributed by atoms with van der Waals surface area (Å²) in [5.41, 5.74) is 0.380. The van der Waals surface area contributed by atoms with Crippen molar-refractivity contribution in [3.8, 4) is 17.1 Å². The van der Waals surface area contributed by atoms with E-state index in [1.54, 1.807) is 31.2 Å². The zero-order chi connectivity index (χ0) is 29.6. The molecule has 2 atom stereocenters. The number of nitrogens with one attached hydrogen (secondary N) is 2. The fourth-order valence-corrected chi connectivity index (χ4v) is 3.97. The van der Waals surface area contributed by atoms with Gasteiger partial charge < -0.3 is 25.0 Å². The van der Waals surface area contributed by atoms with Gasteiger partial charge in [0.1, 0.15) is 36.1 Å². The first-order chi connectivity index (χ1) is 18.9. The molecular formula is C27H26ClF2N3O7. The smallest absolute Gasteiger partial charge is 0.305 e. The van der Waals surface area contributed by atoms with E-state index < -0.39 is 60.3 Å². The Morgan fingerprint density at radius 2 is 1.82 bits per heavy atom. The second-order valence-corrected chi connectivity index (χ2v) is 9.20. The van der Waals surface area contributed by atoms with Gasteiger partial charge in [-0.15, -0.1) is 0 Å². The molecule has 0 unspecified atom stereocenters. The lowest BCUT2D eigenvalue weighted by Gasteiger charge is -2.20. The number of amides is 2. The molecule has 0 aliphatic heterocycles. The quantitative estimate of drug-likeness (QED) is 0.294. The Hall–Kier alpha value is -4.32. The molecular weight excluding hydrogens is 552 g/mol. The van der Waals surface area contributed by atoms with Crippen LogP contribution in [0.4, 0.5) is 8.78 Å². The van der Waals surface area contributed by atoms with Crippen LogP contribution in [-0.4, -0.2) is 52.5 Å². The number of aliphatic carboxylic acids is 1. The fraction of sp³-hybridized carbons (Fsp3) is 0.296. The minimum atomic E-state index is -1.55. The van der Waals surface area contributed by atoms with Crippen LogP contribution in [0.5, 0.6) is 5.75 Å². The summed E-state index contributed by atoms with van der Waals surface area (Å²) < 4.78 is 38.7. The van der Waals surface area contributed by atoms with Crippen LogP contribution in [-0.2, 0) is 20.8 Å². The molecule has 0 spiro atoms. The van der Waals surface area contributed by atoms with E-state index in [0.717, 1.165) is 0 Å². The molecule has 40 heavy (non-hydrogen) atoms. The maximum absolute atomic E-state index is 14.1. The van der Waals surface area contributed by atoms with Crippen molar-refractivity contribution in [3.63, 3.8) is 0 Å². The highest BCUT2D eigenvalue weighted by Crippen LogP contribution is 2.30. The lowest BCUT2D eigenvalue weighted by molar-refractivity contribution is -0.140. The van der Waals surface area contributed by atoms with E-state index in [9.17, 15) is 33.1 Å². The van der Waals surface area contributed by atoms with Crippen LogP contribution in [0.1, 0.15) is 41.9 Å². The van der Waals surface area contributed by atoms with Crippen molar-refractivity contribution in [1.82, 2.24) is 15.8 Å². The molecule has 1 heterocycles. The number of aromatic nitrogens is 1. The number of halogens is 3. The van der Waals surface area contributed by atoms with Gasteiger partial charge in [0, 0.05) is 28.8 Å². The minimum Gasteiger partial charge on any atom is -0.485 e. The van der Waals surface area contributed by atoms with Crippen molar-refractivity contribution in [3.05, 3.63) is 69.9 Å². The largest absolute Gasteiger partial charge is 0.485 e. The molecule has 2 aromatic carbocycles. The number of hydrogen-bond acceptors (Lipinski definition) is 7. The highest BCUT2D eigenvalue weighted by molar-refractivity contribution is 6.33. The molecule has 13 heteroatoms. The van der Waals surface area contributed by atoms with Crippen molar-refractivity contribution in [1.29, 1.82) is 0 Å². The number of carboxylic acid groups (broad SMARTS) is 1. The Morgan fingerprint density at radius 1 is 1.12 bits per heavy atom. The molecule has 0 saturated carbocycles. The molecule has 2 amide bonds. The SMILES string of the molecule is CCc1c(F)cc(F)c(C)c1OCC(=O)[C@@H](CC(=O)O)NC(=O)[C@H](C)NC(=O)c1cc(-c2ccccc2Cl)on1. The van der Waals surface area contributed by atoms with Gasteiger partial charge in [-0.2, -0.15) is 0 Å². The lowest BCUT2D eigenvalue weighted by Crippen LogP contribution is -2.51. The van der Waals surface area contributed by atoms with Crippen LogP contribution in [0.3, 0.4) is 0 Å². The van der Waals surface area contributed by atoms with Crippen LogP contribution in [0.25, 0.3) is 11.3 Å². The highest BCUT2D eigenvalue weighted by atomic mass is 35.5. The van der Waals surface area contributed by atoms with Gasteiger partial charge in [0.15, 0.2) is 17.2 Å². The maximum Gasteiger partial charge on any atom is 0.305 e. The summed E-state index contributed by atoms with van der Waals surface area (Å²) in [7, 11) is 0. The van der Waals surface area contributed by atoms with Crippen molar-refractivity contribution in [2.75, 3.05) is 6.61 Å². The average Bonchev–Trinajstić information content (AvgIpc) is 3.39. The standard InChI is InChI=1S/C27H26ClF2N3O7/c1-4-15-19(30)9-18(29)13(2)25(15)39-12-22(34)20(11-24(35)36)32-26(37)14(3)31-27(38)21-10-23(40-33-21)16-7-5-6-8-17(16)28/h5-10,14,20H,4,11-12H2,1-3H3,(H,31,38)(H,32,37)(H,35,36)/t14-,20+/m0/s1. The van der Waals surface area contributed by atoms with Gasteiger partial charge in [0.25, 0.3) is 5.91 Å². The average molecular weight is 578 g/mol. The van der Waals surface area contributed by atoms with Crippen LogP contribution in [0.15, 0.2) is 40.9 Å². The second-order valence-electron chi connectivity index (χ2n) is 8.79. The number of rotatable bonds is 12.